The summed E-state index contributed by atoms with van der Waals surface area (Å²) in [5.41, 5.74) is 4.49. The number of pyridine rings is 1. The molecule has 3 aromatic rings. The third-order valence-electron chi connectivity index (χ3n) is 6.38. The fraction of sp³-hybridized carbons (Fsp3) is 0.417. The Bertz CT molecular complexity index is 1260. The monoisotopic (exact) mass is 468 g/mol. The Morgan fingerprint density at radius 1 is 1.06 bits per heavy atom. The molecule has 0 radical (unpaired) electrons. The average Bonchev–Trinajstić information content (AvgIpc) is 3.44. The Balaban J connectivity index is 1.43. The van der Waals surface area contributed by atoms with Gasteiger partial charge in [-0.05, 0) is 68.9 Å². The highest BCUT2D eigenvalue weighted by atomic mass is 32.2. The van der Waals surface area contributed by atoms with Crippen LogP contribution in [-0.2, 0) is 10.0 Å². The fourth-order valence-corrected chi connectivity index (χ4v) is 5.15. The molecule has 0 bridgehead atoms. The number of aromatic nitrogens is 3. The van der Waals surface area contributed by atoms with Crippen LogP contribution in [0.1, 0.15) is 43.1 Å². The molecule has 1 saturated carbocycles. The van der Waals surface area contributed by atoms with Crippen molar-refractivity contribution in [1.29, 1.82) is 0 Å². The Morgan fingerprint density at radius 2 is 1.85 bits per heavy atom. The molecule has 174 valence electrons. The van der Waals surface area contributed by atoms with Gasteiger partial charge in [-0.1, -0.05) is 6.07 Å². The topological polar surface area (TPSA) is 106 Å². The lowest BCUT2D eigenvalue weighted by Crippen LogP contribution is -2.30. The van der Waals surface area contributed by atoms with Crippen molar-refractivity contribution in [1.82, 2.24) is 19.7 Å². The van der Waals surface area contributed by atoms with E-state index in [1.165, 1.54) is 6.26 Å². The lowest BCUT2D eigenvalue weighted by atomic mass is 9.82. The third-order valence-corrected chi connectivity index (χ3v) is 7.07. The number of aryl methyl sites for hydroxylation is 1. The van der Waals surface area contributed by atoms with Crippen molar-refractivity contribution in [2.45, 2.75) is 38.5 Å². The minimum Gasteiger partial charge on any atom is -0.454 e. The maximum Gasteiger partial charge on any atom is 0.231 e. The number of H-pyrrole nitrogens is 1. The number of ether oxygens (including phenoxy) is 2. The first-order valence-corrected chi connectivity index (χ1v) is 13.1. The number of aromatic amines is 1. The van der Waals surface area contributed by atoms with Crippen molar-refractivity contribution >= 4 is 10.0 Å². The molecule has 33 heavy (non-hydrogen) atoms. The van der Waals surface area contributed by atoms with E-state index >= 15 is 0 Å². The van der Waals surface area contributed by atoms with E-state index in [0.717, 1.165) is 71.3 Å². The van der Waals surface area contributed by atoms with E-state index in [1.54, 1.807) is 0 Å². The zero-order chi connectivity index (χ0) is 23.0. The standard InChI is InChI=1S/C24H28N4O4S/c1-15-4-3-5-19(26-15)23-22(18-10-11-20-21(12-18)32-14-31-20)27-24(28-23)17-8-6-16(7-9-17)13-25-33(2,29)30/h3-5,10-12,16-17,25H,6-9,13-14H2,1-2H3,(H,27,28). The zero-order valence-electron chi connectivity index (χ0n) is 18.8. The van der Waals surface area contributed by atoms with Crippen LogP contribution in [0, 0.1) is 12.8 Å². The molecule has 0 amide bonds. The molecule has 5 rings (SSSR count). The first-order chi connectivity index (χ1) is 15.9. The molecule has 1 aliphatic heterocycles. The van der Waals surface area contributed by atoms with Gasteiger partial charge in [0, 0.05) is 23.7 Å². The minimum absolute atomic E-state index is 0.230. The molecule has 3 heterocycles. The Labute approximate surface area is 193 Å². The molecule has 9 heteroatoms. The number of rotatable bonds is 6. The zero-order valence-corrected chi connectivity index (χ0v) is 19.6. The molecule has 1 fully saturated rings. The van der Waals surface area contributed by atoms with E-state index < -0.39 is 10.0 Å². The second-order valence-corrected chi connectivity index (χ2v) is 10.7. The third kappa shape index (κ3) is 4.89. The van der Waals surface area contributed by atoms with Gasteiger partial charge in [0.2, 0.25) is 16.8 Å². The van der Waals surface area contributed by atoms with Crippen LogP contribution in [0.3, 0.4) is 0 Å². The van der Waals surface area contributed by atoms with E-state index in [2.05, 4.69) is 9.71 Å². The predicted molar refractivity (Wildman–Crippen MR) is 126 cm³/mol. The summed E-state index contributed by atoms with van der Waals surface area (Å²) in [6, 6.07) is 11.9. The van der Waals surface area contributed by atoms with Crippen molar-refractivity contribution in [3.05, 3.63) is 47.9 Å². The smallest absolute Gasteiger partial charge is 0.231 e. The molecule has 1 aromatic carbocycles. The van der Waals surface area contributed by atoms with Crippen LogP contribution in [-0.4, -0.2) is 43.0 Å². The van der Waals surface area contributed by atoms with Crippen LogP contribution in [0.5, 0.6) is 11.5 Å². The Kier molecular flexibility index (Phi) is 5.84. The van der Waals surface area contributed by atoms with Gasteiger partial charge in [0.1, 0.15) is 5.82 Å². The number of nitrogens with one attached hydrogen (secondary N) is 2. The van der Waals surface area contributed by atoms with Crippen LogP contribution in [0.25, 0.3) is 22.6 Å². The number of imidazole rings is 1. The summed E-state index contributed by atoms with van der Waals surface area (Å²) in [5.74, 6) is 3.07. The van der Waals surface area contributed by atoms with Crippen LogP contribution in [0.2, 0.25) is 0 Å². The number of hydrogen-bond acceptors (Lipinski definition) is 6. The van der Waals surface area contributed by atoms with Gasteiger partial charge >= 0.3 is 0 Å². The first-order valence-electron chi connectivity index (χ1n) is 11.2. The number of benzene rings is 1. The highest BCUT2D eigenvalue weighted by Gasteiger charge is 2.27. The van der Waals surface area contributed by atoms with E-state index in [4.69, 9.17) is 19.4 Å². The number of nitrogens with zero attached hydrogens (tertiary/aromatic N) is 2. The molecule has 1 aliphatic carbocycles. The molecule has 0 spiro atoms. The second-order valence-electron chi connectivity index (χ2n) is 8.92. The minimum atomic E-state index is -3.16. The molecular weight excluding hydrogens is 440 g/mol. The molecule has 0 saturated heterocycles. The molecular formula is C24H28N4O4S. The number of hydrogen-bond donors (Lipinski definition) is 2. The van der Waals surface area contributed by atoms with Gasteiger partial charge in [-0.2, -0.15) is 0 Å². The van der Waals surface area contributed by atoms with Gasteiger partial charge in [-0.25, -0.2) is 18.1 Å². The first kappa shape index (κ1) is 21.9. The van der Waals surface area contributed by atoms with Gasteiger partial charge in [0.15, 0.2) is 11.5 Å². The summed E-state index contributed by atoms with van der Waals surface area (Å²) in [4.78, 5) is 13.3. The van der Waals surface area contributed by atoms with Crippen molar-refractivity contribution in [2.75, 3.05) is 19.6 Å². The molecule has 2 aliphatic rings. The van der Waals surface area contributed by atoms with Crippen molar-refractivity contribution in [2.24, 2.45) is 5.92 Å². The SMILES string of the molecule is Cc1cccc(-c2[nH]c(C3CCC(CNS(C)(=O)=O)CC3)nc2-c2ccc3c(c2)OCO3)n1. The van der Waals surface area contributed by atoms with Gasteiger partial charge in [-0.15, -0.1) is 0 Å². The normalized spacial score (nSPS) is 20.2. The van der Waals surface area contributed by atoms with Gasteiger partial charge in [0.25, 0.3) is 0 Å². The van der Waals surface area contributed by atoms with E-state index in [9.17, 15) is 8.42 Å². The molecule has 0 atom stereocenters. The van der Waals surface area contributed by atoms with E-state index in [1.807, 2.05) is 43.3 Å². The number of sulfonamides is 1. The number of fused-ring (bicyclic) bond motifs is 1. The van der Waals surface area contributed by atoms with Gasteiger partial charge in [0.05, 0.1) is 23.3 Å². The molecule has 0 unspecified atom stereocenters. The van der Waals surface area contributed by atoms with Crippen molar-refractivity contribution in [3.8, 4) is 34.1 Å². The second kappa shape index (κ2) is 8.79. The van der Waals surface area contributed by atoms with Crippen molar-refractivity contribution in [3.63, 3.8) is 0 Å². The van der Waals surface area contributed by atoms with E-state index in [0.29, 0.717) is 18.4 Å². The maximum absolute atomic E-state index is 11.4. The Morgan fingerprint density at radius 3 is 2.61 bits per heavy atom. The molecule has 8 nitrogen and oxygen atoms in total. The van der Waals surface area contributed by atoms with E-state index in [-0.39, 0.29) is 6.79 Å². The quantitative estimate of drug-likeness (QED) is 0.566. The fourth-order valence-electron chi connectivity index (χ4n) is 4.61. The summed E-state index contributed by atoms with van der Waals surface area (Å²) in [6.45, 7) is 2.71. The Hall–Kier alpha value is -2.91. The summed E-state index contributed by atoms with van der Waals surface area (Å²) in [6.07, 6.45) is 5.06. The molecule has 2 aromatic heterocycles. The van der Waals surface area contributed by atoms with Gasteiger partial charge in [-0.3, -0.25) is 4.98 Å². The lowest BCUT2D eigenvalue weighted by molar-refractivity contribution is 0.174. The highest BCUT2D eigenvalue weighted by Crippen LogP contribution is 2.41. The predicted octanol–water partition coefficient (Wildman–Crippen LogP) is 4.00. The van der Waals surface area contributed by atoms with Crippen LogP contribution >= 0.6 is 0 Å². The van der Waals surface area contributed by atoms with Crippen LogP contribution < -0.4 is 14.2 Å². The lowest BCUT2D eigenvalue weighted by Gasteiger charge is -2.27. The summed E-state index contributed by atoms with van der Waals surface area (Å²) in [7, 11) is -3.16. The molecule has 2 N–H and O–H groups in total. The summed E-state index contributed by atoms with van der Waals surface area (Å²) in [5, 5.41) is 0. The van der Waals surface area contributed by atoms with Crippen LogP contribution in [0.4, 0.5) is 0 Å². The summed E-state index contributed by atoms with van der Waals surface area (Å²) >= 11 is 0. The van der Waals surface area contributed by atoms with Crippen molar-refractivity contribution < 1.29 is 17.9 Å². The van der Waals surface area contributed by atoms with Crippen LogP contribution in [0.15, 0.2) is 36.4 Å². The highest BCUT2D eigenvalue weighted by molar-refractivity contribution is 7.88. The summed E-state index contributed by atoms with van der Waals surface area (Å²) < 4.78 is 36.5. The largest absolute Gasteiger partial charge is 0.454 e. The average molecular weight is 469 g/mol. The maximum atomic E-state index is 11.4. The van der Waals surface area contributed by atoms with Gasteiger partial charge < -0.3 is 14.5 Å².